The maximum atomic E-state index is 11.6. The van der Waals surface area contributed by atoms with Crippen LogP contribution in [-0.4, -0.2) is 22.8 Å². The van der Waals surface area contributed by atoms with Gasteiger partial charge in [-0.2, -0.15) is 0 Å². The summed E-state index contributed by atoms with van der Waals surface area (Å²) in [6.45, 7) is 0.112. The van der Waals surface area contributed by atoms with E-state index in [9.17, 15) is 9.90 Å². The fourth-order valence-corrected chi connectivity index (χ4v) is 2.45. The lowest BCUT2D eigenvalue weighted by Crippen LogP contribution is -2.35. The van der Waals surface area contributed by atoms with Gasteiger partial charge in [-0.3, -0.25) is 0 Å². The number of carbonyl (C=O) groups excluding carboxylic acids is 1. The molecule has 1 aromatic rings. The van der Waals surface area contributed by atoms with Gasteiger partial charge >= 0.3 is 5.97 Å². The second kappa shape index (κ2) is 5.89. The van der Waals surface area contributed by atoms with Crippen LogP contribution in [0.3, 0.4) is 0 Å². The van der Waals surface area contributed by atoms with Crippen molar-refractivity contribution < 1.29 is 19.7 Å². The minimum Gasteiger partial charge on any atom is -0.512 e. The van der Waals surface area contributed by atoms with E-state index in [-0.39, 0.29) is 18.8 Å². The summed E-state index contributed by atoms with van der Waals surface area (Å²) in [6, 6.07) is 9.44. The lowest BCUT2D eigenvalue weighted by atomic mass is 9.83. The summed E-state index contributed by atoms with van der Waals surface area (Å²) in [7, 11) is 0. The van der Waals surface area contributed by atoms with Crippen molar-refractivity contribution in [1.29, 1.82) is 0 Å². The first-order chi connectivity index (χ1) is 9.16. The van der Waals surface area contributed by atoms with Gasteiger partial charge in [-0.15, -0.1) is 0 Å². The van der Waals surface area contributed by atoms with Crippen LogP contribution in [0, 0.1) is 0 Å². The maximum Gasteiger partial charge on any atom is 0.335 e. The molecule has 0 aliphatic carbocycles. The quantitative estimate of drug-likeness (QED) is 0.631. The van der Waals surface area contributed by atoms with Crippen LogP contribution in [0.25, 0.3) is 0 Å². The number of rotatable bonds is 5. The first-order valence-electron chi connectivity index (χ1n) is 6.45. The number of hydrogen-bond acceptors (Lipinski definition) is 4. The summed E-state index contributed by atoms with van der Waals surface area (Å²) < 4.78 is 5.52. The molecule has 1 atom stereocenters. The maximum absolute atomic E-state index is 11.6. The van der Waals surface area contributed by atoms with Crippen LogP contribution in [0.5, 0.6) is 0 Å². The number of esters is 1. The van der Waals surface area contributed by atoms with Gasteiger partial charge in [0.2, 0.25) is 0 Å². The van der Waals surface area contributed by atoms with Gasteiger partial charge < -0.3 is 14.9 Å². The molecule has 0 bridgehead atoms. The normalized spacial score (nSPS) is 22.8. The van der Waals surface area contributed by atoms with Gasteiger partial charge in [0, 0.05) is 13.0 Å². The van der Waals surface area contributed by atoms with Crippen LogP contribution in [0.2, 0.25) is 0 Å². The third kappa shape index (κ3) is 3.15. The Labute approximate surface area is 112 Å². The van der Waals surface area contributed by atoms with E-state index >= 15 is 0 Å². The highest BCUT2D eigenvalue weighted by Crippen LogP contribution is 2.39. The Hall–Kier alpha value is -1.81. The van der Waals surface area contributed by atoms with E-state index in [4.69, 9.17) is 9.84 Å². The SMILES string of the molecule is O=C1C=C(O)CC(CCCCO)(c2ccccc2)O1. The summed E-state index contributed by atoms with van der Waals surface area (Å²) in [4.78, 5) is 11.6. The zero-order valence-corrected chi connectivity index (χ0v) is 10.7. The minimum atomic E-state index is -0.813. The number of benzene rings is 1. The molecule has 1 aliphatic rings. The van der Waals surface area contributed by atoms with Gasteiger partial charge in [0.05, 0.1) is 6.08 Å². The molecule has 102 valence electrons. The molecule has 0 saturated heterocycles. The molecule has 0 radical (unpaired) electrons. The first kappa shape index (κ1) is 13.6. The van der Waals surface area contributed by atoms with Crippen molar-refractivity contribution in [1.82, 2.24) is 0 Å². The van der Waals surface area contributed by atoms with Crippen molar-refractivity contribution in [2.45, 2.75) is 31.3 Å². The van der Waals surface area contributed by atoms with Crippen LogP contribution in [0.15, 0.2) is 42.2 Å². The van der Waals surface area contributed by atoms with E-state index < -0.39 is 11.6 Å². The third-order valence-corrected chi connectivity index (χ3v) is 3.34. The smallest absolute Gasteiger partial charge is 0.335 e. The fraction of sp³-hybridized carbons (Fsp3) is 0.400. The first-order valence-corrected chi connectivity index (χ1v) is 6.45. The molecule has 1 heterocycles. The van der Waals surface area contributed by atoms with Crippen molar-refractivity contribution in [2.75, 3.05) is 6.61 Å². The minimum absolute atomic E-state index is 0.0455. The lowest BCUT2D eigenvalue weighted by Gasteiger charge is -2.36. The van der Waals surface area contributed by atoms with Gasteiger partial charge in [-0.05, 0) is 24.8 Å². The summed E-state index contributed by atoms with van der Waals surface area (Å²) in [5, 5.41) is 18.6. The zero-order valence-electron chi connectivity index (χ0n) is 10.7. The van der Waals surface area contributed by atoms with Crippen LogP contribution in [0.1, 0.15) is 31.2 Å². The van der Waals surface area contributed by atoms with Crippen molar-refractivity contribution in [2.24, 2.45) is 0 Å². The Morgan fingerprint density at radius 1 is 1.21 bits per heavy atom. The molecule has 1 aromatic carbocycles. The summed E-state index contributed by atoms with van der Waals surface area (Å²) in [5.74, 6) is -0.472. The molecule has 0 aromatic heterocycles. The molecular formula is C15H18O4. The van der Waals surface area contributed by atoms with Crippen molar-refractivity contribution in [3.8, 4) is 0 Å². The number of cyclic esters (lactones) is 1. The molecule has 2 N–H and O–H groups in total. The Balaban J connectivity index is 2.28. The number of carbonyl (C=O) groups is 1. The van der Waals surface area contributed by atoms with Gasteiger partial charge in [-0.1, -0.05) is 30.3 Å². The highest BCUT2D eigenvalue weighted by molar-refractivity contribution is 5.84. The van der Waals surface area contributed by atoms with Crippen LogP contribution < -0.4 is 0 Å². The Bertz CT molecular complexity index is 466. The average Bonchev–Trinajstić information content (AvgIpc) is 2.39. The molecule has 1 aliphatic heterocycles. The Kier molecular flexibility index (Phi) is 4.22. The van der Waals surface area contributed by atoms with E-state index in [1.54, 1.807) is 0 Å². The number of ether oxygens (including phenoxy) is 1. The van der Waals surface area contributed by atoms with Gasteiger partial charge in [0.1, 0.15) is 11.4 Å². The van der Waals surface area contributed by atoms with Crippen LogP contribution >= 0.6 is 0 Å². The molecule has 19 heavy (non-hydrogen) atoms. The van der Waals surface area contributed by atoms with Crippen LogP contribution in [0.4, 0.5) is 0 Å². The molecule has 1 unspecified atom stereocenters. The van der Waals surface area contributed by atoms with E-state index in [0.717, 1.165) is 18.1 Å². The number of unbranched alkanes of at least 4 members (excludes halogenated alkanes) is 1. The molecule has 0 spiro atoms. The molecule has 0 amide bonds. The second-order valence-corrected chi connectivity index (χ2v) is 4.77. The van der Waals surface area contributed by atoms with Gasteiger partial charge in [-0.25, -0.2) is 4.79 Å². The molecular weight excluding hydrogens is 244 g/mol. The average molecular weight is 262 g/mol. The van der Waals surface area contributed by atoms with Gasteiger partial charge in [0.15, 0.2) is 0 Å². The van der Waals surface area contributed by atoms with E-state index in [1.165, 1.54) is 0 Å². The third-order valence-electron chi connectivity index (χ3n) is 3.34. The standard InChI is InChI=1S/C15H18O4/c16-9-5-4-8-15(12-6-2-1-3-7-12)11-13(17)10-14(18)19-15/h1-3,6-7,10,16-17H,4-5,8-9,11H2. The summed E-state index contributed by atoms with van der Waals surface area (Å²) in [5.41, 5.74) is 0.0627. The van der Waals surface area contributed by atoms with Gasteiger partial charge in [0.25, 0.3) is 0 Å². The molecule has 2 rings (SSSR count). The highest BCUT2D eigenvalue weighted by Gasteiger charge is 2.39. The monoisotopic (exact) mass is 262 g/mol. The number of hydrogen-bond donors (Lipinski definition) is 2. The second-order valence-electron chi connectivity index (χ2n) is 4.77. The van der Waals surface area contributed by atoms with Crippen molar-refractivity contribution in [3.05, 3.63) is 47.7 Å². The Morgan fingerprint density at radius 2 is 1.95 bits per heavy atom. The Morgan fingerprint density at radius 3 is 2.58 bits per heavy atom. The lowest BCUT2D eigenvalue weighted by molar-refractivity contribution is -0.159. The molecule has 4 heteroatoms. The predicted octanol–water partition coefficient (Wildman–Crippen LogP) is 2.43. The molecule has 0 fully saturated rings. The largest absolute Gasteiger partial charge is 0.512 e. The highest BCUT2D eigenvalue weighted by atomic mass is 16.6. The van der Waals surface area contributed by atoms with Crippen molar-refractivity contribution in [3.63, 3.8) is 0 Å². The van der Waals surface area contributed by atoms with E-state index in [0.29, 0.717) is 12.8 Å². The molecule has 0 saturated carbocycles. The van der Waals surface area contributed by atoms with E-state index in [2.05, 4.69) is 0 Å². The van der Waals surface area contributed by atoms with Crippen molar-refractivity contribution >= 4 is 5.97 Å². The zero-order chi connectivity index (χ0) is 13.7. The number of aliphatic hydroxyl groups excluding tert-OH is 2. The topological polar surface area (TPSA) is 66.8 Å². The molecule has 4 nitrogen and oxygen atoms in total. The summed E-state index contributed by atoms with van der Waals surface area (Å²) in [6.07, 6.45) is 3.37. The summed E-state index contributed by atoms with van der Waals surface area (Å²) >= 11 is 0. The number of aliphatic hydroxyl groups is 2. The fourth-order valence-electron chi connectivity index (χ4n) is 2.45. The van der Waals surface area contributed by atoms with E-state index in [1.807, 2.05) is 30.3 Å². The predicted molar refractivity (Wildman–Crippen MR) is 70.5 cm³/mol. The van der Waals surface area contributed by atoms with Crippen LogP contribution in [-0.2, 0) is 15.1 Å².